The van der Waals surface area contributed by atoms with E-state index >= 15 is 0 Å². The molecule has 33 heavy (non-hydrogen) atoms. The molecular formula is C25H31FN4O2S. The fraction of sp³-hybridized carbons (Fsp3) is 0.520. The highest BCUT2D eigenvalue weighted by Crippen LogP contribution is 2.31. The summed E-state index contributed by atoms with van der Waals surface area (Å²) >= 11 is 1.72. The number of hydrogen-bond donors (Lipinski definition) is 0. The average Bonchev–Trinajstić information content (AvgIpc) is 3.58. The zero-order valence-electron chi connectivity index (χ0n) is 18.9. The first-order valence-corrected chi connectivity index (χ1v) is 12.7. The summed E-state index contributed by atoms with van der Waals surface area (Å²) in [5.41, 5.74) is 0.923. The molecular weight excluding hydrogens is 439 g/mol. The molecule has 0 radical (unpaired) electrons. The first kappa shape index (κ1) is 22.5. The van der Waals surface area contributed by atoms with Crippen LogP contribution in [0, 0.1) is 11.7 Å². The van der Waals surface area contributed by atoms with Crippen molar-refractivity contribution in [3.8, 4) is 10.4 Å². The van der Waals surface area contributed by atoms with Crippen molar-refractivity contribution in [2.24, 2.45) is 5.92 Å². The second-order valence-corrected chi connectivity index (χ2v) is 10.5. The molecule has 2 saturated heterocycles. The van der Waals surface area contributed by atoms with E-state index in [0.29, 0.717) is 32.7 Å². The van der Waals surface area contributed by atoms with Gasteiger partial charge in [0.2, 0.25) is 11.8 Å². The lowest BCUT2D eigenvalue weighted by Gasteiger charge is -2.38. The van der Waals surface area contributed by atoms with Crippen molar-refractivity contribution in [2.75, 3.05) is 58.9 Å². The van der Waals surface area contributed by atoms with Crippen LogP contribution in [0.2, 0.25) is 0 Å². The third-order valence-electron chi connectivity index (χ3n) is 6.84. The molecule has 1 aromatic carbocycles. The summed E-state index contributed by atoms with van der Waals surface area (Å²) in [6.07, 6.45) is 2.06. The number of carbonyl (C=O) groups is 2. The zero-order chi connectivity index (χ0) is 22.8. The van der Waals surface area contributed by atoms with Gasteiger partial charge in [0.25, 0.3) is 0 Å². The van der Waals surface area contributed by atoms with Crippen LogP contribution in [0.1, 0.15) is 17.7 Å². The molecule has 8 heteroatoms. The van der Waals surface area contributed by atoms with Crippen molar-refractivity contribution in [2.45, 2.75) is 19.4 Å². The van der Waals surface area contributed by atoms with E-state index in [9.17, 15) is 14.0 Å². The molecule has 0 bridgehead atoms. The molecule has 0 atom stereocenters. The molecule has 176 valence electrons. The Labute approximate surface area is 198 Å². The monoisotopic (exact) mass is 470 g/mol. The minimum atomic E-state index is -0.207. The predicted molar refractivity (Wildman–Crippen MR) is 127 cm³/mol. The Hall–Kier alpha value is -2.29. The molecule has 0 N–H and O–H groups in total. The van der Waals surface area contributed by atoms with Gasteiger partial charge in [0.05, 0.1) is 6.54 Å². The largest absolute Gasteiger partial charge is 0.339 e. The number of piperazine rings is 2. The van der Waals surface area contributed by atoms with E-state index in [1.807, 2.05) is 15.9 Å². The standard InChI is InChI=1S/C25H31FN4O2S/c26-21-3-1-2-20(16-21)23-7-6-22(33-23)17-27-8-10-28(11-9-27)18-24(31)29-12-14-30(15-13-29)25(32)19-4-5-19/h1-3,6-7,16,19H,4-5,8-15,17-18H2. The average molecular weight is 471 g/mol. The molecule has 1 aliphatic carbocycles. The quantitative estimate of drug-likeness (QED) is 0.652. The third-order valence-corrected chi connectivity index (χ3v) is 7.96. The Morgan fingerprint density at radius 1 is 0.879 bits per heavy atom. The van der Waals surface area contributed by atoms with Crippen molar-refractivity contribution < 1.29 is 14.0 Å². The van der Waals surface area contributed by atoms with Crippen molar-refractivity contribution in [1.82, 2.24) is 19.6 Å². The second kappa shape index (κ2) is 9.91. The summed E-state index contributed by atoms with van der Waals surface area (Å²) in [6.45, 7) is 7.65. The Balaban J connectivity index is 1.04. The molecule has 3 fully saturated rings. The van der Waals surface area contributed by atoms with Crippen LogP contribution in [0.25, 0.3) is 10.4 Å². The maximum absolute atomic E-state index is 13.5. The number of nitrogens with zero attached hydrogens (tertiary/aromatic N) is 4. The highest BCUT2D eigenvalue weighted by Gasteiger charge is 2.35. The molecule has 0 spiro atoms. The summed E-state index contributed by atoms with van der Waals surface area (Å²) in [5.74, 6) is 0.513. The van der Waals surface area contributed by atoms with Gasteiger partial charge >= 0.3 is 0 Å². The van der Waals surface area contributed by atoms with Crippen LogP contribution in [0.3, 0.4) is 0 Å². The summed E-state index contributed by atoms with van der Waals surface area (Å²) in [4.78, 5) is 35.8. The SMILES string of the molecule is O=C(CN1CCN(Cc2ccc(-c3cccc(F)c3)s2)CC1)N1CCN(C(=O)C2CC2)CC1. The van der Waals surface area contributed by atoms with Crippen molar-refractivity contribution in [3.63, 3.8) is 0 Å². The van der Waals surface area contributed by atoms with Gasteiger partial charge in [-0.15, -0.1) is 11.3 Å². The van der Waals surface area contributed by atoms with Crippen LogP contribution < -0.4 is 0 Å². The van der Waals surface area contributed by atoms with E-state index in [1.165, 1.54) is 10.9 Å². The summed E-state index contributed by atoms with van der Waals surface area (Å²) in [7, 11) is 0. The number of hydrogen-bond acceptors (Lipinski definition) is 5. The van der Waals surface area contributed by atoms with Gasteiger partial charge in [0, 0.05) is 74.6 Å². The molecule has 3 heterocycles. The smallest absolute Gasteiger partial charge is 0.236 e. The molecule has 2 aromatic rings. The van der Waals surface area contributed by atoms with Gasteiger partial charge in [-0.05, 0) is 42.7 Å². The summed E-state index contributed by atoms with van der Waals surface area (Å²) in [6, 6.07) is 10.9. The van der Waals surface area contributed by atoms with Gasteiger partial charge in [-0.2, -0.15) is 0 Å². The molecule has 2 aliphatic heterocycles. The van der Waals surface area contributed by atoms with E-state index in [-0.39, 0.29) is 23.5 Å². The van der Waals surface area contributed by atoms with Crippen LogP contribution in [-0.4, -0.2) is 90.3 Å². The van der Waals surface area contributed by atoms with Crippen LogP contribution in [0.5, 0.6) is 0 Å². The van der Waals surface area contributed by atoms with Gasteiger partial charge in [-0.25, -0.2) is 4.39 Å². The zero-order valence-corrected chi connectivity index (χ0v) is 19.7. The molecule has 5 rings (SSSR count). The minimum absolute atomic E-state index is 0.181. The van der Waals surface area contributed by atoms with Crippen LogP contribution in [-0.2, 0) is 16.1 Å². The summed E-state index contributed by atoms with van der Waals surface area (Å²) < 4.78 is 13.5. The Kier molecular flexibility index (Phi) is 6.76. The first-order valence-electron chi connectivity index (χ1n) is 11.9. The van der Waals surface area contributed by atoms with Gasteiger partial charge in [0.1, 0.15) is 5.82 Å². The highest BCUT2D eigenvalue weighted by molar-refractivity contribution is 7.15. The second-order valence-electron chi connectivity index (χ2n) is 9.31. The van der Waals surface area contributed by atoms with E-state index in [1.54, 1.807) is 23.5 Å². The molecule has 1 saturated carbocycles. The van der Waals surface area contributed by atoms with E-state index < -0.39 is 0 Å². The van der Waals surface area contributed by atoms with Crippen LogP contribution in [0.4, 0.5) is 4.39 Å². The maximum Gasteiger partial charge on any atom is 0.236 e. The predicted octanol–water partition coefficient (Wildman–Crippen LogP) is 2.75. The van der Waals surface area contributed by atoms with Crippen LogP contribution in [0.15, 0.2) is 36.4 Å². The molecule has 3 aliphatic rings. The Morgan fingerprint density at radius 3 is 2.27 bits per heavy atom. The number of carbonyl (C=O) groups excluding carboxylic acids is 2. The minimum Gasteiger partial charge on any atom is -0.339 e. The Bertz CT molecular complexity index is 992. The number of thiophene rings is 1. The number of amides is 2. The fourth-order valence-corrected chi connectivity index (χ4v) is 5.69. The summed E-state index contributed by atoms with van der Waals surface area (Å²) in [5, 5.41) is 0. The fourth-order valence-electron chi connectivity index (χ4n) is 4.64. The normalized spacial score (nSPS) is 20.3. The lowest BCUT2D eigenvalue weighted by Crippen LogP contribution is -2.54. The highest BCUT2D eigenvalue weighted by atomic mass is 32.1. The van der Waals surface area contributed by atoms with E-state index in [0.717, 1.165) is 56.0 Å². The van der Waals surface area contributed by atoms with Gasteiger partial charge in [-0.1, -0.05) is 12.1 Å². The molecule has 0 unspecified atom stereocenters. The third kappa shape index (κ3) is 5.62. The topological polar surface area (TPSA) is 47.1 Å². The number of halogens is 1. The van der Waals surface area contributed by atoms with Crippen molar-refractivity contribution in [3.05, 3.63) is 47.1 Å². The number of benzene rings is 1. The molecule has 2 amide bonds. The number of rotatable bonds is 6. The van der Waals surface area contributed by atoms with Gasteiger partial charge in [0.15, 0.2) is 0 Å². The van der Waals surface area contributed by atoms with Crippen molar-refractivity contribution >= 4 is 23.2 Å². The van der Waals surface area contributed by atoms with Gasteiger partial charge < -0.3 is 9.80 Å². The Morgan fingerprint density at radius 2 is 1.58 bits per heavy atom. The van der Waals surface area contributed by atoms with Crippen molar-refractivity contribution in [1.29, 1.82) is 0 Å². The van der Waals surface area contributed by atoms with Crippen LogP contribution >= 0.6 is 11.3 Å². The lowest BCUT2D eigenvalue weighted by atomic mass is 10.2. The van der Waals surface area contributed by atoms with E-state index in [4.69, 9.17) is 0 Å². The molecule has 6 nitrogen and oxygen atoms in total. The molecule has 1 aromatic heterocycles. The maximum atomic E-state index is 13.5. The first-order chi connectivity index (χ1) is 16.0. The van der Waals surface area contributed by atoms with Gasteiger partial charge in [-0.3, -0.25) is 19.4 Å². The lowest BCUT2D eigenvalue weighted by molar-refractivity contribution is -0.141. The van der Waals surface area contributed by atoms with E-state index in [2.05, 4.69) is 21.9 Å².